The average Bonchev–Trinajstić information content (AvgIpc) is 2.11. The molecule has 1 N–H and O–H groups in total. The van der Waals surface area contributed by atoms with E-state index >= 15 is 0 Å². The molecule has 0 spiro atoms. The van der Waals surface area contributed by atoms with Crippen molar-refractivity contribution in [1.82, 2.24) is 0 Å². The summed E-state index contributed by atoms with van der Waals surface area (Å²) in [7, 11) is 0. The second-order valence-electron chi connectivity index (χ2n) is 3.16. The van der Waals surface area contributed by atoms with E-state index in [1.807, 2.05) is 25.1 Å². The van der Waals surface area contributed by atoms with Crippen LogP contribution in [-0.2, 0) is 0 Å². The van der Waals surface area contributed by atoms with Crippen molar-refractivity contribution >= 4 is 22.0 Å². The topological polar surface area (TPSA) is 20.2 Å². The zero-order valence-corrected chi connectivity index (χ0v) is 9.43. The molecule has 0 bridgehead atoms. The predicted octanol–water partition coefficient (Wildman–Crippen LogP) is 3.15. The largest absolute Gasteiger partial charge is 0.392 e. The lowest BCUT2D eigenvalue weighted by Crippen LogP contribution is -1.84. The van der Waals surface area contributed by atoms with Crippen LogP contribution in [-0.4, -0.2) is 11.7 Å². The van der Waals surface area contributed by atoms with Crippen molar-refractivity contribution in [3.8, 4) is 0 Å². The Hall–Kier alpha value is -0.600. The highest BCUT2D eigenvalue weighted by atomic mass is 79.9. The number of aliphatic hydroxyl groups excluding tert-OH is 1. The van der Waals surface area contributed by atoms with Crippen LogP contribution in [0.25, 0.3) is 6.08 Å². The van der Waals surface area contributed by atoms with Crippen LogP contribution < -0.4 is 0 Å². The summed E-state index contributed by atoms with van der Waals surface area (Å²) in [6, 6.07) is 6.13. The first-order valence-electron chi connectivity index (χ1n) is 4.17. The van der Waals surface area contributed by atoms with Gasteiger partial charge in [-0.15, -0.1) is 0 Å². The summed E-state index contributed by atoms with van der Waals surface area (Å²) in [6.07, 6.45) is 1.99. The molecule has 70 valence electrons. The smallest absolute Gasteiger partial charge is 0.0642 e. The van der Waals surface area contributed by atoms with Crippen LogP contribution in [0.2, 0.25) is 0 Å². The van der Waals surface area contributed by atoms with Crippen molar-refractivity contribution in [2.45, 2.75) is 13.8 Å². The predicted molar refractivity (Wildman–Crippen MR) is 59.6 cm³/mol. The van der Waals surface area contributed by atoms with Gasteiger partial charge in [-0.2, -0.15) is 0 Å². The van der Waals surface area contributed by atoms with E-state index < -0.39 is 0 Å². The first-order chi connectivity index (χ1) is 6.13. The Morgan fingerprint density at radius 2 is 2.23 bits per heavy atom. The Labute approximate surface area is 87.2 Å². The highest BCUT2D eigenvalue weighted by molar-refractivity contribution is 9.10. The summed E-state index contributed by atoms with van der Waals surface area (Å²) in [6.45, 7) is 4.09. The molecule has 0 saturated carbocycles. The van der Waals surface area contributed by atoms with Crippen LogP contribution in [0.15, 0.2) is 28.2 Å². The maximum atomic E-state index is 8.84. The van der Waals surface area contributed by atoms with Crippen LogP contribution in [0.3, 0.4) is 0 Å². The lowest BCUT2D eigenvalue weighted by atomic mass is 10.1. The minimum Gasteiger partial charge on any atom is -0.392 e. The van der Waals surface area contributed by atoms with Crippen molar-refractivity contribution in [1.29, 1.82) is 0 Å². The number of hydrogen-bond acceptors (Lipinski definition) is 1. The van der Waals surface area contributed by atoms with Crippen LogP contribution in [0.4, 0.5) is 0 Å². The van der Waals surface area contributed by atoms with Crippen molar-refractivity contribution in [2.75, 3.05) is 6.61 Å². The lowest BCUT2D eigenvalue weighted by molar-refractivity contribution is 0.332. The minimum absolute atomic E-state index is 0.120. The zero-order chi connectivity index (χ0) is 9.84. The molecule has 0 atom stereocenters. The quantitative estimate of drug-likeness (QED) is 0.843. The zero-order valence-electron chi connectivity index (χ0n) is 7.84. The summed E-state index contributed by atoms with van der Waals surface area (Å²) in [5.74, 6) is 0. The molecule has 0 heterocycles. The molecule has 0 saturated heterocycles. The normalized spacial score (nSPS) is 11.8. The molecule has 0 unspecified atom stereocenters. The van der Waals surface area contributed by atoms with Crippen LogP contribution in [0, 0.1) is 6.92 Å². The van der Waals surface area contributed by atoms with E-state index in [1.165, 1.54) is 5.56 Å². The Morgan fingerprint density at radius 3 is 2.77 bits per heavy atom. The van der Waals surface area contributed by atoms with E-state index in [0.717, 1.165) is 15.6 Å². The molecule has 0 aliphatic rings. The average molecular weight is 241 g/mol. The fourth-order valence-electron chi connectivity index (χ4n) is 1.09. The van der Waals surface area contributed by atoms with Gasteiger partial charge in [0.25, 0.3) is 0 Å². The standard InChI is InChI=1S/C11H13BrO/c1-8(7-13)5-10-3-4-11(12)9(2)6-10/h3-6,13H,7H2,1-2H3. The van der Waals surface area contributed by atoms with E-state index in [4.69, 9.17) is 5.11 Å². The van der Waals surface area contributed by atoms with Gasteiger partial charge >= 0.3 is 0 Å². The van der Waals surface area contributed by atoms with Crippen LogP contribution in [0.5, 0.6) is 0 Å². The Kier molecular flexibility index (Phi) is 3.70. The lowest BCUT2D eigenvalue weighted by Gasteiger charge is -2.00. The highest BCUT2D eigenvalue weighted by Crippen LogP contribution is 2.18. The summed E-state index contributed by atoms with van der Waals surface area (Å²) in [5.41, 5.74) is 3.31. The Balaban J connectivity index is 2.98. The third kappa shape index (κ3) is 2.98. The maximum Gasteiger partial charge on any atom is 0.0642 e. The highest BCUT2D eigenvalue weighted by Gasteiger charge is 1.95. The fourth-order valence-corrected chi connectivity index (χ4v) is 1.33. The molecule has 0 aliphatic carbocycles. The van der Waals surface area contributed by atoms with E-state index in [0.29, 0.717) is 0 Å². The number of rotatable bonds is 2. The molecular weight excluding hydrogens is 228 g/mol. The molecule has 1 aromatic rings. The number of aryl methyl sites for hydroxylation is 1. The fraction of sp³-hybridized carbons (Fsp3) is 0.273. The second-order valence-corrected chi connectivity index (χ2v) is 4.01. The first-order valence-corrected chi connectivity index (χ1v) is 4.97. The van der Waals surface area contributed by atoms with Crippen molar-refractivity contribution < 1.29 is 5.11 Å². The van der Waals surface area contributed by atoms with Gasteiger partial charge in [0.1, 0.15) is 0 Å². The van der Waals surface area contributed by atoms with E-state index in [9.17, 15) is 0 Å². The molecule has 1 aromatic carbocycles. The summed E-state index contributed by atoms with van der Waals surface area (Å²) in [4.78, 5) is 0. The minimum atomic E-state index is 0.120. The van der Waals surface area contributed by atoms with Crippen molar-refractivity contribution in [3.05, 3.63) is 39.4 Å². The van der Waals surface area contributed by atoms with Gasteiger partial charge in [-0.25, -0.2) is 0 Å². The van der Waals surface area contributed by atoms with Crippen LogP contribution in [0.1, 0.15) is 18.1 Å². The summed E-state index contributed by atoms with van der Waals surface area (Å²) >= 11 is 3.44. The second kappa shape index (κ2) is 4.58. The summed E-state index contributed by atoms with van der Waals surface area (Å²) in [5, 5.41) is 8.84. The van der Waals surface area contributed by atoms with Gasteiger partial charge in [0, 0.05) is 4.47 Å². The number of aliphatic hydroxyl groups is 1. The molecule has 0 radical (unpaired) electrons. The Bertz CT molecular complexity index is 329. The third-order valence-corrected chi connectivity index (χ3v) is 2.73. The van der Waals surface area contributed by atoms with Crippen LogP contribution >= 0.6 is 15.9 Å². The molecule has 0 fully saturated rings. The molecule has 0 amide bonds. The molecular formula is C11H13BrO. The number of halogens is 1. The molecule has 0 aromatic heterocycles. The number of hydrogen-bond donors (Lipinski definition) is 1. The molecule has 1 rings (SSSR count). The van der Waals surface area contributed by atoms with Crippen molar-refractivity contribution in [2.24, 2.45) is 0 Å². The van der Waals surface area contributed by atoms with Gasteiger partial charge < -0.3 is 5.11 Å². The van der Waals surface area contributed by atoms with Gasteiger partial charge in [-0.3, -0.25) is 0 Å². The monoisotopic (exact) mass is 240 g/mol. The van der Waals surface area contributed by atoms with E-state index in [1.54, 1.807) is 0 Å². The van der Waals surface area contributed by atoms with Gasteiger partial charge in [0.2, 0.25) is 0 Å². The van der Waals surface area contributed by atoms with Gasteiger partial charge in [-0.05, 0) is 36.6 Å². The molecule has 2 heteroatoms. The van der Waals surface area contributed by atoms with Gasteiger partial charge in [-0.1, -0.05) is 34.1 Å². The van der Waals surface area contributed by atoms with E-state index in [-0.39, 0.29) is 6.61 Å². The Morgan fingerprint density at radius 1 is 1.54 bits per heavy atom. The van der Waals surface area contributed by atoms with E-state index in [2.05, 4.69) is 28.9 Å². The van der Waals surface area contributed by atoms with Gasteiger partial charge in [0.15, 0.2) is 0 Å². The molecule has 0 aliphatic heterocycles. The van der Waals surface area contributed by atoms with Gasteiger partial charge in [0.05, 0.1) is 6.61 Å². The summed E-state index contributed by atoms with van der Waals surface area (Å²) < 4.78 is 1.12. The SMILES string of the molecule is CC(=Cc1ccc(Br)c(C)c1)CO. The first kappa shape index (κ1) is 10.5. The molecule has 1 nitrogen and oxygen atoms in total. The third-order valence-electron chi connectivity index (χ3n) is 1.84. The molecule has 13 heavy (non-hydrogen) atoms. The van der Waals surface area contributed by atoms with Crippen molar-refractivity contribution in [3.63, 3.8) is 0 Å². The number of benzene rings is 1. The maximum absolute atomic E-state index is 8.84.